The van der Waals surface area contributed by atoms with E-state index in [0.717, 1.165) is 16.7 Å². The minimum atomic E-state index is -2.72. The lowest BCUT2D eigenvalue weighted by Gasteiger charge is -2.12. The Hall–Kier alpha value is -3.50. The van der Waals surface area contributed by atoms with Crippen LogP contribution in [0.15, 0.2) is 59.6 Å². The molecular formula is C26H22F2N2O2S. The summed E-state index contributed by atoms with van der Waals surface area (Å²) in [6, 6.07) is 16.1. The standard InChI is InChI=1S/C26H22F2N2O2S/c1-16-4-8-19(9-5-16)23(31)10-6-18-7-11-24(32-3)20(13-18)15-33-26-21(14-29)17(2)12-22(30-26)25(27)28/h4-13,25H,15H2,1-3H3/b10-6+. The van der Waals surface area contributed by atoms with E-state index in [9.17, 15) is 18.8 Å². The molecule has 4 nitrogen and oxygen atoms in total. The van der Waals surface area contributed by atoms with E-state index in [1.54, 1.807) is 38.3 Å². The Bertz CT molecular complexity index is 1230. The highest BCUT2D eigenvalue weighted by molar-refractivity contribution is 7.98. The summed E-state index contributed by atoms with van der Waals surface area (Å²) in [7, 11) is 1.54. The highest BCUT2D eigenvalue weighted by Gasteiger charge is 2.17. The Kier molecular flexibility index (Phi) is 7.96. The lowest BCUT2D eigenvalue weighted by molar-refractivity contribution is 0.104. The van der Waals surface area contributed by atoms with Crippen molar-refractivity contribution in [1.82, 2.24) is 4.98 Å². The van der Waals surface area contributed by atoms with Crippen LogP contribution in [-0.2, 0) is 5.75 Å². The van der Waals surface area contributed by atoms with Crippen LogP contribution in [0.4, 0.5) is 8.78 Å². The largest absolute Gasteiger partial charge is 0.496 e. The molecule has 1 heterocycles. The minimum absolute atomic E-state index is 0.108. The number of aryl methyl sites for hydroxylation is 2. The number of pyridine rings is 1. The molecule has 0 saturated carbocycles. The summed E-state index contributed by atoms with van der Waals surface area (Å²) in [6.45, 7) is 3.58. The summed E-state index contributed by atoms with van der Waals surface area (Å²) >= 11 is 1.19. The van der Waals surface area contributed by atoms with Crippen molar-refractivity contribution < 1.29 is 18.3 Å². The van der Waals surface area contributed by atoms with Gasteiger partial charge in [-0.1, -0.05) is 42.0 Å². The van der Waals surface area contributed by atoms with Crippen LogP contribution in [0.5, 0.6) is 5.75 Å². The first-order chi connectivity index (χ1) is 15.8. The van der Waals surface area contributed by atoms with Gasteiger partial charge in [-0.05, 0) is 49.2 Å². The van der Waals surface area contributed by atoms with Gasteiger partial charge in [0.25, 0.3) is 6.43 Å². The van der Waals surface area contributed by atoms with E-state index in [1.807, 2.05) is 37.3 Å². The molecule has 3 aromatic rings. The molecule has 0 aliphatic rings. The molecule has 0 amide bonds. The number of hydrogen-bond acceptors (Lipinski definition) is 5. The molecule has 0 radical (unpaired) electrons. The molecule has 0 fully saturated rings. The number of hydrogen-bond donors (Lipinski definition) is 0. The van der Waals surface area contributed by atoms with E-state index in [0.29, 0.717) is 22.6 Å². The molecule has 0 N–H and O–H groups in total. The Balaban J connectivity index is 1.83. The maximum Gasteiger partial charge on any atom is 0.280 e. The second-order valence-corrected chi connectivity index (χ2v) is 8.34. The normalized spacial score (nSPS) is 11.1. The Labute approximate surface area is 195 Å². The first-order valence-electron chi connectivity index (χ1n) is 10.1. The predicted molar refractivity (Wildman–Crippen MR) is 126 cm³/mol. The molecule has 0 aliphatic carbocycles. The summed E-state index contributed by atoms with van der Waals surface area (Å²) in [5.74, 6) is 0.860. The molecule has 1 aromatic heterocycles. The molecule has 33 heavy (non-hydrogen) atoms. The van der Waals surface area contributed by atoms with Crippen LogP contribution in [0.3, 0.4) is 0 Å². The lowest BCUT2D eigenvalue weighted by Crippen LogP contribution is -1.99. The number of thioether (sulfide) groups is 1. The van der Waals surface area contributed by atoms with E-state index in [1.165, 1.54) is 23.9 Å². The molecule has 168 valence electrons. The molecule has 0 unspecified atom stereocenters. The quantitative estimate of drug-likeness (QED) is 0.211. The smallest absolute Gasteiger partial charge is 0.280 e. The van der Waals surface area contributed by atoms with Crippen LogP contribution in [0.25, 0.3) is 6.08 Å². The number of benzene rings is 2. The van der Waals surface area contributed by atoms with Gasteiger partial charge >= 0.3 is 0 Å². The fourth-order valence-corrected chi connectivity index (χ4v) is 4.21. The van der Waals surface area contributed by atoms with E-state index < -0.39 is 6.43 Å². The van der Waals surface area contributed by atoms with Gasteiger partial charge < -0.3 is 4.74 Å². The first-order valence-corrected chi connectivity index (χ1v) is 11.1. The van der Waals surface area contributed by atoms with Gasteiger partial charge in [-0.15, -0.1) is 11.8 Å². The number of rotatable bonds is 8. The molecule has 0 aliphatic heterocycles. The Morgan fingerprint density at radius 2 is 1.91 bits per heavy atom. The molecule has 0 bridgehead atoms. The number of nitrogens with zero attached hydrogens (tertiary/aromatic N) is 2. The van der Waals surface area contributed by atoms with Crippen LogP contribution in [0, 0.1) is 25.2 Å². The molecule has 2 aromatic carbocycles. The van der Waals surface area contributed by atoms with Crippen molar-refractivity contribution in [2.75, 3.05) is 7.11 Å². The summed E-state index contributed by atoms with van der Waals surface area (Å²) in [6.07, 6.45) is 0.509. The Morgan fingerprint density at radius 3 is 2.55 bits per heavy atom. The molecule has 0 spiro atoms. The number of halogens is 2. The molecular weight excluding hydrogens is 442 g/mol. The zero-order valence-electron chi connectivity index (χ0n) is 18.4. The molecule has 0 saturated heterocycles. The SMILES string of the molecule is COc1ccc(/C=C/C(=O)c2ccc(C)cc2)cc1CSc1nc(C(F)F)cc(C)c1C#N. The number of aromatic nitrogens is 1. The third-order valence-electron chi connectivity index (χ3n) is 4.97. The topological polar surface area (TPSA) is 63.0 Å². The van der Waals surface area contributed by atoms with Gasteiger partial charge in [0.05, 0.1) is 12.7 Å². The maximum atomic E-state index is 13.2. The van der Waals surface area contributed by atoms with E-state index >= 15 is 0 Å². The van der Waals surface area contributed by atoms with Crippen molar-refractivity contribution in [3.8, 4) is 11.8 Å². The number of carbonyl (C=O) groups excluding carboxylic acids is 1. The number of methoxy groups -OCH3 is 1. The highest BCUT2D eigenvalue weighted by Crippen LogP contribution is 2.32. The van der Waals surface area contributed by atoms with Gasteiger partial charge in [0.15, 0.2) is 5.78 Å². The van der Waals surface area contributed by atoms with Crippen molar-refractivity contribution in [3.05, 3.63) is 93.7 Å². The number of carbonyl (C=O) groups is 1. The first kappa shape index (κ1) is 24.1. The van der Waals surface area contributed by atoms with Crippen molar-refractivity contribution in [2.24, 2.45) is 0 Å². The molecule has 7 heteroatoms. The van der Waals surface area contributed by atoms with E-state index in [2.05, 4.69) is 4.98 Å². The zero-order valence-corrected chi connectivity index (χ0v) is 19.2. The summed E-state index contributed by atoms with van der Waals surface area (Å²) in [5.41, 5.74) is 3.65. The van der Waals surface area contributed by atoms with Gasteiger partial charge in [0.2, 0.25) is 0 Å². The minimum Gasteiger partial charge on any atom is -0.496 e. The van der Waals surface area contributed by atoms with E-state index in [4.69, 9.17) is 4.74 Å². The van der Waals surface area contributed by atoms with Gasteiger partial charge in [0.1, 0.15) is 22.5 Å². The second-order valence-electron chi connectivity index (χ2n) is 7.38. The van der Waals surface area contributed by atoms with Crippen LogP contribution in [-0.4, -0.2) is 17.9 Å². The van der Waals surface area contributed by atoms with Gasteiger partial charge in [0, 0.05) is 16.9 Å². The predicted octanol–water partition coefficient (Wildman–Crippen LogP) is 6.70. The molecule has 0 atom stereocenters. The number of alkyl halides is 2. The average molecular weight is 465 g/mol. The fraction of sp³-hybridized carbons (Fsp3) is 0.192. The number of allylic oxidation sites excluding steroid dienone is 1. The van der Waals surface area contributed by atoms with Gasteiger partial charge in [-0.2, -0.15) is 5.26 Å². The van der Waals surface area contributed by atoms with Crippen LogP contribution >= 0.6 is 11.8 Å². The van der Waals surface area contributed by atoms with Gasteiger partial charge in [-0.25, -0.2) is 13.8 Å². The van der Waals surface area contributed by atoms with Crippen LogP contribution < -0.4 is 4.74 Å². The third kappa shape index (κ3) is 6.05. The van der Waals surface area contributed by atoms with E-state index in [-0.39, 0.29) is 22.1 Å². The summed E-state index contributed by atoms with van der Waals surface area (Å²) in [5, 5.41) is 9.70. The molecule has 3 rings (SSSR count). The maximum absolute atomic E-state index is 13.2. The second kappa shape index (κ2) is 10.9. The van der Waals surface area contributed by atoms with Crippen molar-refractivity contribution >= 4 is 23.6 Å². The van der Waals surface area contributed by atoms with Crippen LogP contribution in [0.2, 0.25) is 0 Å². The fourth-order valence-electron chi connectivity index (χ4n) is 3.17. The number of nitriles is 1. The van der Waals surface area contributed by atoms with Gasteiger partial charge in [-0.3, -0.25) is 4.79 Å². The lowest BCUT2D eigenvalue weighted by atomic mass is 10.1. The summed E-state index contributed by atoms with van der Waals surface area (Å²) < 4.78 is 31.8. The van der Waals surface area contributed by atoms with Crippen molar-refractivity contribution in [1.29, 1.82) is 5.26 Å². The van der Waals surface area contributed by atoms with Crippen molar-refractivity contribution in [2.45, 2.75) is 31.1 Å². The monoisotopic (exact) mass is 464 g/mol. The number of ether oxygens (including phenoxy) is 1. The summed E-state index contributed by atoms with van der Waals surface area (Å²) in [4.78, 5) is 16.4. The number of ketones is 1. The Morgan fingerprint density at radius 1 is 1.18 bits per heavy atom. The third-order valence-corrected chi connectivity index (χ3v) is 5.99. The van der Waals surface area contributed by atoms with Crippen molar-refractivity contribution in [3.63, 3.8) is 0 Å². The average Bonchev–Trinajstić information content (AvgIpc) is 2.81. The van der Waals surface area contributed by atoms with Crippen LogP contribution in [0.1, 0.15) is 50.3 Å². The highest BCUT2D eigenvalue weighted by atomic mass is 32.2. The zero-order chi connectivity index (χ0) is 24.0.